The molecular formula is C20H27F3IN5. The number of guanidine groups is 1. The molecule has 1 aliphatic carbocycles. The lowest BCUT2D eigenvalue weighted by molar-refractivity contribution is -0.183. The Bertz CT molecular complexity index is 776. The molecule has 9 heteroatoms. The Hall–Kier alpha value is -1.78. The summed E-state index contributed by atoms with van der Waals surface area (Å²) in [5.41, 5.74) is 1.17. The van der Waals surface area contributed by atoms with Crippen LogP contribution in [0, 0.1) is 5.92 Å². The van der Waals surface area contributed by atoms with Gasteiger partial charge in [-0.05, 0) is 24.8 Å². The minimum atomic E-state index is -4.13. The minimum absolute atomic E-state index is 0. The maximum absolute atomic E-state index is 13.0. The maximum atomic E-state index is 13.0. The van der Waals surface area contributed by atoms with E-state index in [0.717, 1.165) is 12.2 Å². The largest absolute Gasteiger partial charge is 0.391 e. The van der Waals surface area contributed by atoms with Crippen molar-refractivity contribution < 1.29 is 13.2 Å². The van der Waals surface area contributed by atoms with Crippen molar-refractivity contribution >= 4 is 29.9 Å². The highest BCUT2D eigenvalue weighted by Crippen LogP contribution is 2.37. The first-order valence-electron chi connectivity index (χ1n) is 9.53. The van der Waals surface area contributed by atoms with Gasteiger partial charge < -0.3 is 15.2 Å². The van der Waals surface area contributed by atoms with Crippen LogP contribution in [-0.2, 0) is 13.1 Å². The third-order valence-corrected chi connectivity index (χ3v) is 5.11. The molecule has 1 fully saturated rings. The molecule has 5 nitrogen and oxygen atoms in total. The molecule has 1 aromatic carbocycles. The van der Waals surface area contributed by atoms with Crippen LogP contribution in [0.15, 0.2) is 47.7 Å². The summed E-state index contributed by atoms with van der Waals surface area (Å²) in [4.78, 5) is 8.54. The van der Waals surface area contributed by atoms with E-state index < -0.39 is 12.1 Å². The third-order valence-electron chi connectivity index (χ3n) is 5.11. The van der Waals surface area contributed by atoms with E-state index in [0.29, 0.717) is 25.5 Å². The van der Waals surface area contributed by atoms with Crippen LogP contribution in [-0.4, -0.2) is 34.8 Å². The molecule has 3 rings (SSSR count). The number of alkyl halides is 3. The second kappa shape index (κ2) is 10.8. The maximum Gasteiger partial charge on any atom is 0.391 e. The molecule has 0 amide bonds. The summed E-state index contributed by atoms with van der Waals surface area (Å²) in [6.45, 7) is 1.15. The van der Waals surface area contributed by atoms with Gasteiger partial charge in [0, 0.05) is 32.0 Å². The van der Waals surface area contributed by atoms with Crippen LogP contribution in [0.3, 0.4) is 0 Å². The molecule has 0 bridgehead atoms. The van der Waals surface area contributed by atoms with Crippen molar-refractivity contribution in [2.75, 3.05) is 7.05 Å². The molecule has 0 aliphatic heterocycles. The van der Waals surface area contributed by atoms with Gasteiger partial charge in [-0.15, -0.1) is 24.0 Å². The number of nitrogens with one attached hydrogen (secondary N) is 2. The van der Waals surface area contributed by atoms with Crippen LogP contribution < -0.4 is 10.6 Å². The topological polar surface area (TPSA) is 54.2 Å². The summed E-state index contributed by atoms with van der Waals surface area (Å²) in [5, 5.41) is 6.31. The average molecular weight is 521 g/mol. The van der Waals surface area contributed by atoms with E-state index in [9.17, 15) is 13.2 Å². The zero-order valence-corrected chi connectivity index (χ0v) is 18.7. The van der Waals surface area contributed by atoms with Crippen molar-refractivity contribution in [1.82, 2.24) is 20.2 Å². The number of benzene rings is 1. The Morgan fingerprint density at radius 3 is 2.69 bits per heavy atom. The molecule has 2 N–H and O–H groups in total. The van der Waals surface area contributed by atoms with E-state index in [1.807, 2.05) is 29.0 Å². The van der Waals surface area contributed by atoms with Gasteiger partial charge in [-0.3, -0.25) is 4.99 Å². The monoisotopic (exact) mass is 521 g/mol. The van der Waals surface area contributed by atoms with Gasteiger partial charge in [0.25, 0.3) is 0 Å². The number of aliphatic imine (C=N–C) groups is 1. The first-order chi connectivity index (χ1) is 13.5. The van der Waals surface area contributed by atoms with Gasteiger partial charge in [0.2, 0.25) is 0 Å². The Morgan fingerprint density at radius 1 is 1.24 bits per heavy atom. The first kappa shape index (κ1) is 23.5. The second-order valence-electron chi connectivity index (χ2n) is 7.13. The predicted molar refractivity (Wildman–Crippen MR) is 118 cm³/mol. The summed E-state index contributed by atoms with van der Waals surface area (Å²) in [6.07, 6.45) is 1.12. The molecule has 2 atom stereocenters. The predicted octanol–water partition coefficient (Wildman–Crippen LogP) is 4.34. The zero-order valence-electron chi connectivity index (χ0n) is 16.3. The number of hydrogen-bond donors (Lipinski definition) is 2. The zero-order chi connectivity index (χ0) is 20.0. The number of aromatic nitrogens is 2. The second-order valence-corrected chi connectivity index (χ2v) is 7.13. The van der Waals surface area contributed by atoms with Crippen LogP contribution in [0.25, 0.3) is 0 Å². The van der Waals surface area contributed by atoms with E-state index in [1.54, 1.807) is 13.2 Å². The van der Waals surface area contributed by atoms with Gasteiger partial charge in [-0.1, -0.05) is 36.8 Å². The van der Waals surface area contributed by atoms with Gasteiger partial charge in [0.1, 0.15) is 5.82 Å². The van der Waals surface area contributed by atoms with Crippen molar-refractivity contribution in [2.45, 2.75) is 51.0 Å². The Morgan fingerprint density at radius 2 is 2.00 bits per heavy atom. The molecule has 0 spiro atoms. The van der Waals surface area contributed by atoms with Crippen molar-refractivity contribution in [3.8, 4) is 0 Å². The molecule has 1 aliphatic rings. The van der Waals surface area contributed by atoms with Crippen molar-refractivity contribution in [3.63, 3.8) is 0 Å². The fourth-order valence-corrected chi connectivity index (χ4v) is 3.60. The smallest absolute Gasteiger partial charge is 0.354 e. The van der Waals surface area contributed by atoms with E-state index >= 15 is 0 Å². The molecule has 0 saturated heterocycles. The molecule has 160 valence electrons. The summed E-state index contributed by atoms with van der Waals surface area (Å²) in [5.74, 6) is 0.104. The number of rotatable bonds is 5. The molecule has 29 heavy (non-hydrogen) atoms. The van der Waals surface area contributed by atoms with E-state index in [4.69, 9.17) is 0 Å². The highest BCUT2D eigenvalue weighted by atomic mass is 127. The third kappa shape index (κ3) is 6.90. The van der Waals surface area contributed by atoms with Gasteiger partial charge in [-0.25, -0.2) is 4.98 Å². The Balaban J connectivity index is 0.00000300. The van der Waals surface area contributed by atoms with Crippen LogP contribution in [0.2, 0.25) is 0 Å². The molecule has 1 heterocycles. The van der Waals surface area contributed by atoms with Gasteiger partial charge >= 0.3 is 6.18 Å². The first-order valence-corrected chi connectivity index (χ1v) is 9.53. The fourth-order valence-electron chi connectivity index (χ4n) is 3.60. The standard InChI is InChI=1S/C20H26F3N5.HI/c1-24-19(27-17-9-5-8-16(12-17)20(21,22)23)26-13-18-25-10-11-28(18)14-15-6-3-2-4-7-15;/h2-4,6-7,10-11,16-17H,5,8-9,12-14H2,1H3,(H2,24,26,27);1H. The lowest BCUT2D eigenvalue weighted by Gasteiger charge is -2.31. The van der Waals surface area contributed by atoms with Gasteiger partial charge in [0.05, 0.1) is 12.5 Å². The van der Waals surface area contributed by atoms with Gasteiger partial charge in [0.15, 0.2) is 5.96 Å². The number of nitrogens with zero attached hydrogens (tertiary/aromatic N) is 3. The van der Waals surface area contributed by atoms with Crippen molar-refractivity contribution in [2.24, 2.45) is 10.9 Å². The summed E-state index contributed by atoms with van der Waals surface area (Å²) in [6, 6.07) is 9.85. The van der Waals surface area contributed by atoms with E-state index in [1.165, 1.54) is 5.56 Å². The SMILES string of the molecule is CN=C(NCc1nccn1Cc1ccccc1)NC1CCCC(C(F)(F)F)C1.I. The van der Waals surface area contributed by atoms with Gasteiger partial charge in [-0.2, -0.15) is 13.2 Å². The highest BCUT2D eigenvalue weighted by molar-refractivity contribution is 14.0. The van der Waals surface area contributed by atoms with E-state index in [2.05, 4.69) is 32.7 Å². The molecular weight excluding hydrogens is 494 g/mol. The van der Waals surface area contributed by atoms with Crippen LogP contribution in [0.5, 0.6) is 0 Å². The summed E-state index contributed by atoms with van der Waals surface area (Å²) >= 11 is 0. The van der Waals surface area contributed by atoms with Crippen molar-refractivity contribution in [1.29, 1.82) is 0 Å². The molecule has 1 aromatic heterocycles. The average Bonchev–Trinajstić information content (AvgIpc) is 3.12. The number of halogens is 4. The quantitative estimate of drug-likeness (QED) is 0.350. The summed E-state index contributed by atoms with van der Waals surface area (Å²) in [7, 11) is 1.62. The van der Waals surface area contributed by atoms with E-state index in [-0.39, 0.29) is 42.9 Å². The molecule has 2 unspecified atom stereocenters. The van der Waals surface area contributed by atoms with Crippen LogP contribution in [0.1, 0.15) is 37.1 Å². The minimum Gasteiger partial charge on any atom is -0.354 e. The Labute approximate surface area is 186 Å². The van der Waals surface area contributed by atoms with Crippen LogP contribution >= 0.6 is 24.0 Å². The Kier molecular flexibility index (Phi) is 8.79. The molecule has 2 aromatic rings. The summed E-state index contributed by atoms with van der Waals surface area (Å²) < 4.78 is 41.1. The number of hydrogen-bond acceptors (Lipinski definition) is 2. The number of imidazole rings is 1. The van der Waals surface area contributed by atoms with Crippen LogP contribution in [0.4, 0.5) is 13.2 Å². The normalized spacial score (nSPS) is 20.1. The van der Waals surface area contributed by atoms with Crippen molar-refractivity contribution in [3.05, 3.63) is 54.1 Å². The molecule has 1 saturated carbocycles. The lowest BCUT2D eigenvalue weighted by atomic mass is 9.85. The highest BCUT2D eigenvalue weighted by Gasteiger charge is 2.42. The lowest BCUT2D eigenvalue weighted by Crippen LogP contribution is -2.46. The fraction of sp³-hybridized carbons (Fsp3) is 0.500. The molecule has 0 radical (unpaired) electrons.